The molecule has 6 N–H and O–H groups in total. The van der Waals surface area contributed by atoms with Gasteiger partial charge in [-0.2, -0.15) is 0 Å². The van der Waals surface area contributed by atoms with Crippen LogP contribution in [0.2, 0.25) is 0 Å². The van der Waals surface area contributed by atoms with Gasteiger partial charge >= 0.3 is 13.4 Å². The Balaban J connectivity index is -0.000000219. The van der Waals surface area contributed by atoms with E-state index in [1.807, 2.05) is 0 Å². The summed E-state index contributed by atoms with van der Waals surface area (Å²) in [5.74, 6) is 0. The lowest BCUT2D eigenvalue weighted by molar-refractivity contribution is 0.361. The van der Waals surface area contributed by atoms with Gasteiger partial charge in [0.15, 0.2) is 0 Å². The molecule has 0 atom stereocenters. The molecule has 0 aliphatic carbocycles. The molecular formula is C9H26O6P2S2. The minimum Gasteiger partial charge on any atom is -0.325 e. The van der Waals surface area contributed by atoms with E-state index in [0.717, 1.165) is 0 Å². The lowest BCUT2D eigenvalue weighted by atomic mass is 10.1. The second-order valence-corrected chi connectivity index (χ2v) is 8.79. The zero-order valence-electron chi connectivity index (χ0n) is 11.3. The molecule has 0 rings (SSSR count). The molecule has 120 valence electrons. The maximum atomic E-state index is 7.56. The van der Waals surface area contributed by atoms with Crippen LogP contribution in [0.15, 0.2) is 0 Å². The van der Waals surface area contributed by atoms with Crippen molar-refractivity contribution in [3.8, 4) is 0 Å². The molecule has 0 saturated carbocycles. The summed E-state index contributed by atoms with van der Waals surface area (Å²) in [7, 11) is 0. The minimum absolute atomic E-state index is 1.37. The van der Waals surface area contributed by atoms with Gasteiger partial charge in [-0.05, 0) is 23.6 Å². The lowest BCUT2D eigenvalue weighted by Gasteiger charge is -1.96. The normalized spacial score (nSPS) is 10.9. The Morgan fingerprint density at radius 1 is 0.579 bits per heavy atom. The summed E-state index contributed by atoms with van der Waals surface area (Å²) in [6, 6.07) is 0. The van der Waals surface area contributed by atoms with Crippen LogP contribution in [-0.4, -0.2) is 29.4 Å². The third-order valence-electron chi connectivity index (χ3n) is 1.71. The van der Waals surface area contributed by atoms with Gasteiger partial charge in [-0.1, -0.05) is 58.8 Å². The monoisotopic (exact) mass is 356 g/mol. The molecule has 0 aromatic heterocycles. The molecule has 0 amide bonds. The molecule has 0 saturated heterocycles. The predicted molar refractivity (Wildman–Crippen MR) is 85.5 cm³/mol. The Morgan fingerprint density at radius 2 is 0.737 bits per heavy atom. The molecule has 0 bridgehead atoms. The van der Waals surface area contributed by atoms with Gasteiger partial charge in [0.1, 0.15) is 0 Å². The van der Waals surface area contributed by atoms with Crippen molar-refractivity contribution in [3.63, 3.8) is 0 Å². The van der Waals surface area contributed by atoms with Crippen LogP contribution in [0.4, 0.5) is 0 Å². The van der Waals surface area contributed by atoms with Crippen molar-refractivity contribution < 1.29 is 29.4 Å². The van der Waals surface area contributed by atoms with Crippen LogP contribution in [0.3, 0.4) is 0 Å². The number of rotatable bonds is 6. The third-order valence-corrected chi connectivity index (χ3v) is 1.71. The average Bonchev–Trinajstić information content (AvgIpc) is 2.12. The molecular weight excluding hydrogens is 330 g/mol. The Bertz CT molecular complexity index is 223. The minimum atomic E-state index is -3.81. The fraction of sp³-hybridized carbons (Fsp3) is 1.00. The van der Waals surface area contributed by atoms with E-state index in [1.54, 1.807) is 0 Å². The third kappa shape index (κ3) is 111. The first-order chi connectivity index (χ1) is 8.41. The van der Waals surface area contributed by atoms with Gasteiger partial charge in [0.25, 0.3) is 0 Å². The molecule has 0 aliphatic rings. The number of hydrogen-bond acceptors (Lipinski definition) is 2. The molecule has 0 unspecified atom stereocenters. The van der Waals surface area contributed by atoms with Crippen LogP contribution < -0.4 is 0 Å². The molecule has 0 spiro atoms. The van der Waals surface area contributed by atoms with Crippen LogP contribution in [0.25, 0.3) is 0 Å². The highest BCUT2D eigenvalue weighted by molar-refractivity contribution is 8.06. The average molecular weight is 356 g/mol. The second-order valence-electron chi connectivity index (χ2n) is 3.79. The summed E-state index contributed by atoms with van der Waals surface area (Å²) in [6.45, 7) is -3.08. The highest BCUT2D eigenvalue weighted by Crippen LogP contribution is 2.26. The van der Waals surface area contributed by atoms with Crippen LogP contribution in [0.1, 0.15) is 58.8 Å². The maximum absolute atomic E-state index is 7.56. The Hall–Kier alpha value is 1.06. The van der Waals surface area contributed by atoms with E-state index in [0.29, 0.717) is 0 Å². The van der Waals surface area contributed by atoms with E-state index in [2.05, 4.69) is 37.5 Å². The summed E-state index contributed by atoms with van der Waals surface area (Å²) >= 11 is 7.21. The van der Waals surface area contributed by atoms with Crippen molar-refractivity contribution in [3.05, 3.63) is 0 Å². The molecule has 6 nitrogen and oxygen atoms in total. The van der Waals surface area contributed by atoms with E-state index in [1.165, 1.54) is 44.9 Å². The standard InChI is InChI=1S/C9H20.2H3O3PS/c1-3-5-7-9-8-6-4-2;2*1-4(2,3)5/h3-9H2,1-2H3;2*(H3,1,2,3,5). The fourth-order valence-corrected chi connectivity index (χ4v) is 1.03. The number of hydrogen-bond donors (Lipinski definition) is 6. The van der Waals surface area contributed by atoms with Crippen molar-refractivity contribution in [1.82, 2.24) is 0 Å². The highest BCUT2D eigenvalue weighted by Gasteiger charge is 1.92. The Kier molecular flexibility index (Phi) is 20.4. The molecule has 0 aromatic carbocycles. The zero-order valence-corrected chi connectivity index (χ0v) is 14.8. The van der Waals surface area contributed by atoms with Gasteiger partial charge in [-0.25, -0.2) is 0 Å². The Labute approximate surface area is 125 Å². The smallest absolute Gasteiger partial charge is 0.319 e. The van der Waals surface area contributed by atoms with E-state index in [4.69, 9.17) is 29.4 Å². The largest absolute Gasteiger partial charge is 0.325 e. The second kappa shape index (κ2) is 15.4. The van der Waals surface area contributed by atoms with Crippen molar-refractivity contribution in [2.45, 2.75) is 58.8 Å². The van der Waals surface area contributed by atoms with Gasteiger partial charge in [0.2, 0.25) is 0 Å². The van der Waals surface area contributed by atoms with E-state index >= 15 is 0 Å². The maximum Gasteiger partial charge on any atom is 0.319 e. The topological polar surface area (TPSA) is 121 Å². The first-order valence-corrected chi connectivity index (χ1v) is 11.3. The van der Waals surface area contributed by atoms with Crippen LogP contribution in [0, 0.1) is 0 Å². The predicted octanol–water partition coefficient (Wildman–Crippen LogP) is 2.13. The van der Waals surface area contributed by atoms with Gasteiger partial charge in [-0.3, -0.25) is 0 Å². The molecule has 0 heterocycles. The van der Waals surface area contributed by atoms with Crippen LogP contribution >= 0.6 is 13.4 Å². The van der Waals surface area contributed by atoms with Crippen molar-refractivity contribution in [2.24, 2.45) is 0 Å². The first-order valence-electron chi connectivity index (χ1n) is 5.98. The van der Waals surface area contributed by atoms with E-state index in [-0.39, 0.29) is 0 Å². The van der Waals surface area contributed by atoms with Gasteiger partial charge in [0, 0.05) is 0 Å². The Morgan fingerprint density at radius 3 is 0.895 bits per heavy atom. The summed E-state index contributed by atoms with van der Waals surface area (Å²) in [4.78, 5) is 45.3. The van der Waals surface area contributed by atoms with Crippen LogP contribution in [0.5, 0.6) is 0 Å². The molecule has 19 heavy (non-hydrogen) atoms. The summed E-state index contributed by atoms with van der Waals surface area (Å²) < 4.78 is 0. The summed E-state index contributed by atoms with van der Waals surface area (Å²) in [5.41, 5.74) is 0. The quantitative estimate of drug-likeness (QED) is 0.316. The molecule has 0 aliphatic heterocycles. The summed E-state index contributed by atoms with van der Waals surface area (Å²) in [5, 5.41) is 0. The van der Waals surface area contributed by atoms with Crippen molar-refractivity contribution in [2.75, 3.05) is 0 Å². The van der Waals surface area contributed by atoms with E-state index < -0.39 is 13.4 Å². The van der Waals surface area contributed by atoms with Crippen LogP contribution in [-0.2, 0) is 23.6 Å². The first kappa shape index (κ1) is 25.0. The van der Waals surface area contributed by atoms with Crippen molar-refractivity contribution >= 4 is 37.1 Å². The lowest BCUT2D eigenvalue weighted by Crippen LogP contribution is -1.76. The van der Waals surface area contributed by atoms with Gasteiger partial charge < -0.3 is 29.4 Å². The SMILES string of the molecule is CCCCCCCCC.OP(O)(O)=S.OP(O)(O)=S. The zero-order chi connectivity index (χ0) is 15.9. The van der Waals surface area contributed by atoms with Gasteiger partial charge in [0.05, 0.1) is 0 Å². The highest BCUT2D eigenvalue weighted by atomic mass is 32.5. The fourth-order valence-electron chi connectivity index (χ4n) is 1.03. The molecule has 10 heteroatoms. The van der Waals surface area contributed by atoms with Crippen molar-refractivity contribution in [1.29, 1.82) is 0 Å². The molecule has 0 fully saturated rings. The molecule has 0 radical (unpaired) electrons. The molecule has 0 aromatic rings. The number of unbranched alkanes of at least 4 members (excludes halogenated alkanes) is 6. The van der Waals surface area contributed by atoms with E-state index in [9.17, 15) is 0 Å². The van der Waals surface area contributed by atoms with Gasteiger partial charge in [-0.15, -0.1) is 0 Å². The summed E-state index contributed by atoms with van der Waals surface area (Å²) in [6.07, 6.45) is 9.97.